The van der Waals surface area contributed by atoms with E-state index < -0.39 is 5.95 Å². The maximum absolute atomic E-state index is 13.4. The van der Waals surface area contributed by atoms with E-state index in [0.29, 0.717) is 36.7 Å². The highest BCUT2D eigenvalue weighted by Crippen LogP contribution is 2.38. The van der Waals surface area contributed by atoms with Crippen molar-refractivity contribution in [3.63, 3.8) is 0 Å². The topological polar surface area (TPSA) is 59.5 Å². The van der Waals surface area contributed by atoms with Gasteiger partial charge in [0.2, 0.25) is 5.95 Å². The van der Waals surface area contributed by atoms with Crippen molar-refractivity contribution in [1.29, 1.82) is 0 Å². The zero-order chi connectivity index (χ0) is 22.8. The Kier molecular flexibility index (Phi) is 5.90. The number of amides is 1. The highest BCUT2D eigenvalue weighted by molar-refractivity contribution is 5.95. The summed E-state index contributed by atoms with van der Waals surface area (Å²) in [6, 6.07) is 18.8. The fraction of sp³-hybridized carbons (Fsp3) is 0.296. The van der Waals surface area contributed by atoms with Crippen molar-refractivity contribution in [1.82, 2.24) is 9.88 Å². The molecule has 0 radical (unpaired) electrons. The minimum Gasteiger partial charge on any atom is -0.486 e. The van der Waals surface area contributed by atoms with Crippen LogP contribution >= 0.6 is 0 Å². The summed E-state index contributed by atoms with van der Waals surface area (Å²) in [5.41, 5.74) is 3.54. The van der Waals surface area contributed by atoms with E-state index in [0.717, 1.165) is 24.0 Å². The lowest BCUT2D eigenvalue weighted by Gasteiger charge is -2.36. The summed E-state index contributed by atoms with van der Waals surface area (Å²) in [4.78, 5) is 30.6. The number of nitrogens with zero attached hydrogens (tertiary/aromatic N) is 2. The van der Waals surface area contributed by atoms with Gasteiger partial charge in [-0.2, -0.15) is 4.39 Å². The second kappa shape index (κ2) is 9.14. The second-order valence-corrected chi connectivity index (χ2v) is 8.76. The van der Waals surface area contributed by atoms with Gasteiger partial charge in [-0.15, -0.1) is 0 Å². The Morgan fingerprint density at radius 3 is 2.55 bits per heavy atom. The van der Waals surface area contributed by atoms with Crippen LogP contribution in [0, 0.1) is 11.9 Å². The molecule has 5 rings (SSSR count). The Balaban J connectivity index is 1.32. The van der Waals surface area contributed by atoms with Gasteiger partial charge in [0.05, 0.1) is 0 Å². The first-order valence-electron chi connectivity index (χ1n) is 11.3. The largest absolute Gasteiger partial charge is 0.486 e. The molecule has 0 unspecified atom stereocenters. The number of likely N-dealkylation sites (tertiary alicyclic amines) is 1. The Bertz CT molecular complexity index is 1160. The standard InChI is InChI=1S/C27H25FN2O3/c28-25-9-7-21(16-29-25)26(18-4-2-1-3-5-18)19-10-12-30(13-11-19)27(32)20-6-8-24-22(14-20)15-23(31)17-33-24/h1-9,14,16,19,26H,10-13,15,17H2/t26-/m0/s1. The minimum absolute atomic E-state index is 0.0195. The third-order valence-corrected chi connectivity index (χ3v) is 6.65. The summed E-state index contributed by atoms with van der Waals surface area (Å²) in [7, 11) is 0. The molecule has 33 heavy (non-hydrogen) atoms. The first kappa shape index (κ1) is 21.3. The molecule has 2 aliphatic rings. The SMILES string of the molecule is O=C1COc2ccc(C(=O)N3CCC([C@H](c4ccccc4)c4ccc(F)nc4)CC3)cc2C1. The van der Waals surface area contributed by atoms with Gasteiger partial charge in [-0.1, -0.05) is 36.4 Å². The molecule has 3 aromatic rings. The van der Waals surface area contributed by atoms with Gasteiger partial charge in [-0.3, -0.25) is 9.59 Å². The van der Waals surface area contributed by atoms with E-state index in [2.05, 4.69) is 17.1 Å². The van der Waals surface area contributed by atoms with E-state index in [9.17, 15) is 14.0 Å². The van der Waals surface area contributed by atoms with E-state index in [-0.39, 0.29) is 24.2 Å². The van der Waals surface area contributed by atoms with Crippen molar-refractivity contribution in [2.75, 3.05) is 19.7 Å². The second-order valence-electron chi connectivity index (χ2n) is 8.76. The third-order valence-electron chi connectivity index (χ3n) is 6.65. The minimum atomic E-state index is -0.483. The maximum atomic E-state index is 13.4. The number of pyridine rings is 1. The van der Waals surface area contributed by atoms with Crippen LogP contribution in [0.25, 0.3) is 0 Å². The number of Topliss-reactive ketones (excluding diaryl/α,β-unsaturated/α-hetero) is 1. The number of hydrogen-bond acceptors (Lipinski definition) is 4. The average molecular weight is 445 g/mol. The number of ketones is 1. The number of ether oxygens (including phenoxy) is 1. The molecule has 3 heterocycles. The zero-order valence-electron chi connectivity index (χ0n) is 18.2. The number of hydrogen-bond donors (Lipinski definition) is 0. The van der Waals surface area contributed by atoms with E-state index in [1.807, 2.05) is 29.2 Å². The van der Waals surface area contributed by atoms with Crippen LogP contribution in [-0.2, 0) is 11.2 Å². The predicted molar refractivity (Wildman–Crippen MR) is 122 cm³/mol. The molecule has 1 saturated heterocycles. The molecular formula is C27H25FN2O3. The first-order valence-corrected chi connectivity index (χ1v) is 11.3. The molecule has 1 aromatic heterocycles. The van der Waals surface area contributed by atoms with E-state index >= 15 is 0 Å². The number of halogens is 1. The number of piperidine rings is 1. The van der Waals surface area contributed by atoms with Gasteiger partial charge < -0.3 is 9.64 Å². The molecule has 2 aromatic carbocycles. The van der Waals surface area contributed by atoms with Crippen molar-refractivity contribution in [3.8, 4) is 5.75 Å². The van der Waals surface area contributed by atoms with Crippen LogP contribution in [0.3, 0.4) is 0 Å². The number of carbonyl (C=O) groups excluding carboxylic acids is 2. The molecule has 6 heteroatoms. The van der Waals surface area contributed by atoms with Crippen LogP contribution in [-0.4, -0.2) is 41.3 Å². The Morgan fingerprint density at radius 1 is 1.03 bits per heavy atom. The van der Waals surface area contributed by atoms with Crippen molar-refractivity contribution in [2.45, 2.75) is 25.2 Å². The Morgan fingerprint density at radius 2 is 1.82 bits per heavy atom. The van der Waals surface area contributed by atoms with Crippen LogP contribution in [0.5, 0.6) is 5.75 Å². The Hall–Kier alpha value is -3.54. The van der Waals surface area contributed by atoms with Crippen LogP contribution < -0.4 is 4.74 Å². The molecule has 0 N–H and O–H groups in total. The maximum Gasteiger partial charge on any atom is 0.253 e. The predicted octanol–water partition coefficient (Wildman–Crippen LogP) is 4.41. The normalized spacial score (nSPS) is 17.2. The van der Waals surface area contributed by atoms with Crippen molar-refractivity contribution < 1.29 is 18.7 Å². The summed E-state index contributed by atoms with van der Waals surface area (Å²) in [5, 5.41) is 0. The van der Waals surface area contributed by atoms with Crippen LogP contribution in [0.4, 0.5) is 4.39 Å². The van der Waals surface area contributed by atoms with Crippen molar-refractivity contribution >= 4 is 11.7 Å². The number of fused-ring (bicyclic) bond motifs is 1. The third kappa shape index (κ3) is 4.51. The average Bonchev–Trinajstić information content (AvgIpc) is 2.85. The Labute approximate surface area is 192 Å². The molecule has 1 amide bonds. The van der Waals surface area contributed by atoms with Gasteiger partial charge in [0.1, 0.15) is 12.4 Å². The van der Waals surface area contributed by atoms with Gasteiger partial charge in [0.15, 0.2) is 5.78 Å². The molecule has 1 fully saturated rings. The molecule has 0 spiro atoms. The number of rotatable bonds is 4. The summed E-state index contributed by atoms with van der Waals surface area (Å²) < 4.78 is 18.9. The fourth-order valence-corrected chi connectivity index (χ4v) is 5.00. The molecule has 5 nitrogen and oxygen atoms in total. The number of aromatic nitrogens is 1. The fourth-order valence-electron chi connectivity index (χ4n) is 5.00. The molecule has 2 aliphatic heterocycles. The molecule has 1 atom stereocenters. The molecular weight excluding hydrogens is 419 g/mol. The van der Waals surface area contributed by atoms with E-state index in [1.165, 1.54) is 11.6 Å². The van der Waals surface area contributed by atoms with Crippen LogP contribution in [0.15, 0.2) is 66.9 Å². The van der Waals surface area contributed by atoms with Gasteiger partial charge >= 0.3 is 0 Å². The molecule has 0 bridgehead atoms. The van der Waals surface area contributed by atoms with Crippen LogP contribution in [0.1, 0.15) is 45.8 Å². The highest BCUT2D eigenvalue weighted by atomic mass is 19.1. The van der Waals surface area contributed by atoms with Crippen molar-refractivity contribution in [2.24, 2.45) is 5.92 Å². The summed E-state index contributed by atoms with van der Waals surface area (Å²) >= 11 is 0. The van der Waals surface area contributed by atoms with Gasteiger partial charge in [0.25, 0.3) is 5.91 Å². The lowest BCUT2D eigenvalue weighted by molar-refractivity contribution is -0.121. The zero-order valence-corrected chi connectivity index (χ0v) is 18.2. The number of benzene rings is 2. The summed E-state index contributed by atoms with van der Waals surface area (Å²) in [6.07, 6.45) is 3.62. The summed E-state index contributed by atoms with van der Waals surface area (Å²) in [6.45, 7) is 1.39. The van der Waals surface area contributed by atoms with Gasteiger partial charge in [-0.25, -0.2) is 4.98 Å². The first-order chi connectivity index (χ1) is 16.1. The smallest absolute Gasteiger partial charge is 0.253 e. The van der Waals surface area contributed by atoms with E-state index in [4.69, 9.17) is 4.74 Å². The molecule has 168 valence electrons. The van der Waals surface area contributed by atoms with Crippen LogP contribution in [0.2, 0.25) is 0 Å². The lowest BCUT2D eigenvalue weighted by Crippen LogP contribution is -2.40. The molecule has 0 aliphatic carbocycles. The highest BCUT2D eigenvalue weighted by Gasteiger charge is 2.31. The van der Waals surface area contributed by atoms with E-state index in [1.54, 1.807) is 24.4 Å². The van der Waals surface area contributed by atoms with Crippen molar-refractivity contribution in [3.05, 3.63) is 95.1 Å². The molecule has 0 saturated carbocycles. The van der Waals surface area contributed by atoms with Gasteiger partial charge in [0, 0.05) is 42.8 Å². The lowest BCUT2D eigenvalue weighted by atomic mass is 9.76. The number of carbonyl (C=O) groups is 2. The van der Waals surface area contributed by atoms with Gasteiger partial charge in [-0.05, 0) is 54.2 Å². The quantitative estimate of drug-likeness (QED) is 0.560. The summed E-state index contributed by atoms with van der Waals surface area (Å²) in [5.74, 6) is 0.623. The monoisotopic (exact) mass is 444 g/mol.